The lowest BCUT2D eigenvalue weighted by Crippen LogP contribution is -2.38. The van der Waals surface area contributed by atoms with Gasteiger partial charge in [0.25, 0.3) is 0 Å². The van der Waals surface area contributed by atoms with Gasteiger partial charge in [-0.2, -0.15) is 0 Å². The Labute approximate surface area is 105 Å². The Morgan fingerprint density at radius 3 is 2.50 bits per heavy atom. The van der Waals surface area contributed by atoms with E-state index < -0.39 is 11.4 Å². The van der Waals surface area contributed by atoms with Crippen molar-refractivity contribution >= 4 is 44.1 Å². The standard InChI is InChI=1S/C10H10BrNO3S/c1-12(7-3-2-6(11)16-7)8(13)10(4-5-10)9(14)15/h2-3H,4-5H2,1H3,(H,14,15). The number of rotatable bonds is 3. The lowest BCUT2D eigenvalue weighted by atomic mass is 10.1. The summed E-state index contributed by atoms with van der Waals surface area (Å²) in [6.45, 7) is 0. The third kappa shape index (κ3) is 1.76. The number of anilines is 1. The molecule has 16 heavy (non-hydrogen) atoms. The Hall–Kier alpha value is -0.880. The Morgan fingerprint density at radius 1 is 1.50 bits per heavy atom. The summed E-state index contributed by atoms with van der Waals surface area (Å²) in [4.78, 5) is 24.5. The van der Waals surface area contributed by atoms with E-state index in [9.17, 15) is 9.59 Å². The molecule has 2 rings (SSSR count). The van der Waals surface area contributed by atoms with E-state index >= 15 is 0 Å². The fraction of sp³-hybridized carbons (Fsp3) is 0.400. The van der Waals surface area contributed by atoms with Gasteiger partial charge in [0.2, 0.25) is 5.91 Å². The van der Waals surface area contributed by atoms with Crippen molar-refractivity contribution in [1.82, 2.24) is 0 Å². The molecule has 1 aromatic rings. The first-order valence-electron chi connectivity index (χ1n) is 4.74. The van der Waals surface area contributed by atoms with Crippen LogP contribution in [0.5, 0.6) is 0 Å². The summed E-state index contributed by atoms with van der Waals surface area (Å²) >= 11 is 4.72. The van der Waals surface area contributed by atoms with Gasteiger partial charge in [0.05, 0.1) is 8.79 Å². The Bertz CT molecular complexity index is 453. The third-order valence-corrected chi connectivity index (χ3v) is 4.46. The lowest BCUT2D eigenvalue weighted by molar-refractivity contribution is -0.148. The predicted molar refractivity (Wildman–Crippen MR) is 64.7 cm³/mol. The normalized spacial score (nSPS) is 16.9. The Morgan fingerprint density at radius 2 is 2.12 bits per heavy atom. The van der Waals surface area contributed by atoms with Gasteiger partial charge in [-0.25, -0.2) is 0 Å². The second-order valence-corrected chi connectivity index (χ2v) is 6.27. The van der Waals surface area contributed by atoms with Crippen molar-refractivity contribution in [3.05, 3.63) is 15.9 Å². The predicted octanol–water partition coefficient (Wildman–Crippen LogP) is 2.34. The highest BCUT2D eigenvalue weighted by Crippen LogP contribution is 2.48. The number of amides is 1. The minimum atomic E-state index is -1.16. The number of carboxylic acid groups (broad SMARTS) is 1. The molecular formula is C10H10BrNO3S. The Kier molecular flexibility index (Phi) is 2.79. The summed E-state index contributed by atoms with van der Waals surface area (Å²) in [6, 6.07) is 3.63. The van der Waals surface area contributed by atoms with Crippen LogP contribution in [0.2, 0.25) is 0 Å². The number of nitrogens with zero attached hydrogens (tertiary/aromatic N) is 1. The lowest BCUT2D eigenvalue weighted by Gasteiger charge is -2.19. The summed E-state index contributed by atoms with van der Waals surface area (Å²) in [6.07, 6.45) is 0.885. The minimum absolute atomic E-state index is 0.325. The quantitative estimate of drug-likeness (QED) is 0.872. The molecule has 0 aliphatic heterocycles. The van der Waals surface area contributed by atoms with E-state index in [0.717, 1.165) is 8.79 Å². The summed E-state index contributed by atoms with van der Waals surface area (Å²) < 4.78 is 0.919. The van der Waals surface area contributed by atoms with Gasteiger partial charge in [0.15, 0.2) is 0 Å². The van der Waals surface area contributed by atoms with Crippen molar-refractivity contribution in [1.29, 1.82) is 0 Å². The van der Waals surface area contributed by atoms with Crippen molar-refractivity contribution in [3.8, 4) is 0 Å². The SMILES string of the molecule is CN(C(=O)C1(C(=O)O)CC1)c1ccc(Br)s1. The summed E-state index contributed by atoms with van der Waals surface area (Å²) in [7, 11) is 1.61. The zero-order valence-electron chi connectivity index (χ0n) is 8.57. The molecule has 1 amide bonds. The van der Waals surface area contributed by atoms with Crippen LogP contribution in [-0.4, -0.2) is 24.0 Å². The second-order valence-electron chi connectivity index (χ2n) is 3.83. The second kappa shape index (κ2) is 3.85. The molecule has 0 bridgehead atoms. The average molecular weight is 304 g/mol. The van der Waals surface area contributed by atoms with Crippen LogP contribution in [0.3, 0.4) is 0 Å². The number of hydrogen-bond acceptors (Lipinski definition) is 3. The molecule has 1 aliphatic carbocycles. The molecule has 0 saturated heterocycles. The van der Waals surface area contributed by atoms with E-state index in [-0.39, 0.29) is 5.91 Å². The molecule has 1 N–H and O–H groups in total. The highest BCUT2D eigenvalue weighted by Gasteiger charge is 2.58. The molecule has 1 aliphatic rings. The number of carboxylic acids is 1. The van der Waals surface area contributed by atoms with Crippen LogP contribution in [-0.2, 0) is 9.59 Å². The maximum absolute atomic E-state index is 12.0. The van der Waals surface area contributed by atoms with Gasteiger partial charge >= 0.3 is 5.97 Å². The molecular weight excluding hydrogens is 294 g/mol. The number of carbonyl (C=O) groups is 2. The zero-order valence-corrected chi connectivity index (χ0v) is 11.0. The van der Waals surface area contributed by atoms with Gasteiger partial charge in [-0.1, -0.05) is 0 Å². The van der Waals surface area contributed by atoms with E-state index in [1.807, 2.05) is 6.07 Å². The van der Waals surface area contributed by atoms with Gasteiger partial charge in [0.1, 0.15) is 5.41 Å². The van der Waals surface area contributed by atoms with Gasteiger partial charge in [0, 0.05) is 7.05 Å². The van der Waals surface area contributed by atoms with Crippen LogP contribution < -0.4 is 4.90 Å². The first kappa shape index (κ1) is 11.6. The molecule has 0 unspecified atom stereocenters. The van der Waals surface area contributed by atoms with Crippen LogP contribution in [0.25, 0.3) is 0 Å². The highest BCUT2D eigenvalue weighted by molar-refractivity contribution is 9.11. The first-order chi connectivity index (χ1) is 7.47. The number of thiophene rings is 1. The topological polar surface area (TPSA) is 57.6 Å². The van der Waals surface area contributed by atoms with E-state index in [1.165, 1.54) is 16.2 Å². The molecule has 6 heteroatoms. The molecule has 4 nitrogen and oxygen atoms in total. The largest absolute Gasteiger partial charge is 0.480 e. The smallest absolute Gasteiger partial charge is 0.319 e. The number of aliphatic carboxylic acids is 1. The minimum Gasteiger partial charge on any atom is -0.480 e. The van der Waals surface area contributed by atoms with E-state index in [1.54, 1.807) is 13.1 Å². The highest BCUT2D eigenvalue weighted by atomic mass is 79.9. The summed E-state index contributed by atoms with van der Waals surface area (Å²) in [5.74, 6) is -1.34. The molecule has 0 aromatic carbocycles. The van der Waals surface area contributed by atoms with Gasteiger partial charge in [-0.15, -0.1) is 11.3 Å². The van der Waals surface area contributed by atoms with Crippen LogP contribution in [0.1, 0.15) is 12.8 Å². The van der Waals surface area contributed by atoms with Gasteiger partial charge < -0.3 is 10.0 Å². The van der Waals surface area contributed by atoms with Crippen molar-refractivity contribution < 1.29 is 14.7 Å². The molecule has 1 fully saturated rings. The number of halogens is 1. The van der Waals surface area contributed by atoms with E-state index in [2.05, 4.69) is 15.9 Å². The molecule has 0 radical (unpaired) electrons. The average Bonchev–Trinajstić information content (AvgIpc) is 2.95. The monoisotopic (exact) mass is 303 g/mol. The molecule has 1 saturated carbocycles. The number of hydrogen-bond donors (Lipinski definition) is 1. The van der Waals surface area contributed by atoms with Gasteiger partial charge in [-0.3, -0.25) is 9.59 Å². The van der Waals surface area contributed by atoms with Crippen LogP contribution in [0.4, 0.5) is 5.00 Å². The van der Waals surface area contributed by atoms with E-state index in [0.29, 0.717) is 12.8 Å². The van der Waals surface area contributed by atoms with Crippen LogP contribution in [0.15, 0.2) is 15.9 Å². The maximum Gasteiger partial charge on any atom is 0.319 e. The zero-order chi connectivity index (χ0) is 11.9. The number of carbonyl (C=O) groups excluding carboxylic acids is 1. The van der Waals surface area contributed by atoms with Crippen molar-refractivity contribution in [2.45, 2.75) is 12.8 Å². The first-order valence-corrected chi connectivity index (χ1v) is 6.35. The maximum atomic E-state index is 12.0. The summed E-state index contributed by atoms with van der Waals surface area (Å²) in [5.41, 5.74) is -1.16. The van der Waals surface area contributed by atoms with E-state index in [4.69, 9.17) is 5.11 Å². The summed E-state index contributed by atoms with van der Waals surface area (Å²) in [5, 5.41) is 9.78. The molecule has 1 aromatic heterocycles. The molecule has 0 spiro atoms. The molecule has 0 atom stereocenters. The fourth-order valence-corrected chi connectivity index (χ4v) is 2.87. The van der Waals surface area contributed by atoms with Crippen molar-refractivity contribution in [2.24, 2.45) is 5.41 Å². The van der Waals surface area contributed by atoms with Gasteiger partial charge in [-0.05, 0) is 40.9 Å². The Balaban J connectivity index is 2.20. The van der Waals surface area contributed by atoms with Crippen molar-refractivity contribution in [2.75, 3.05) is 11.9 Å². The molecule has 1 heterocycles. The molecule has 86 valence electrons. The van der Waals surface area contributed by atoms with Crippen LogP contribution >= 0.6 is 27.3 Å². The van der Waals surface area contributed by atoms with Crippen molar-refractivity contribution in [3.63, 3.8) is 0 Å². The fourth-order valence-electron chi connectivity index (χ4n) is 1.55. The third-order valence-electron chi connectivity index (χ3n) is 2.76. The van der Waals surface area contributed by atoms with Crippen LogP contribution in [0, 0.1) is 5.41 Å².